The number of nitrogens with one attached hydrogen (secondary N) is 1. The Morgan fingerprint density at radius 3 is 2.87 bits per heavy atom. The third kappa shape index (κ3) is 1.49. The van der Waals surface area contributed by atoms with Crippen LogP contribution in [0.25, 0.3) is 0 Å². The van der Waals surface area contributed by atoms with Gasteiger partial charge in [-0.3, -0.25) is 0 Å². The Morgan fingerprint density at radius 2 is 2.20 bits per heavy atom. The van der Waals surface area contributed by atoms with Gasteiger partial charge in [0.1, 0.15) is 5.60 Å². The maximum Gasteiger partial charge on any atom is 0.133 e. The second kappa shape index (κ2) is 3.50. The molecule has 2 rings (SSSR count). The third-order valence-corrected chi connectivity index (χ3v) is 4.48. The standard InChI is InChI=1S/C13H21NO/c1-4-13(15)9-10(2)14-11-7-5-6-8-12(11,13)3/h1,10-11,14-15H,5-9H2,2-3H3. The van der Waals surface area contributed by atoms with E-state index < -0.39 is 5.60 Å². The van der Waals surface area contributed by atoms with E-state index in [-0.39, 0.29) is 5.41 Å². The van der Waals surface area contributed by atoms with Crippen molar-refractivity contribution < 1.29 is 5.11 Å². The van der Waals surface area contributed by atoms with Crippen LogP contribution in [0.5, 0.6) is 0 Å². The smallest absolute Gasteiger partial charge is 0.133 e. The van der Waals surface area contributed by atoms with Gasteiger partial charge in [-0.1, -0.05) is 25.7 Å². The Labute approximate surface area is 92.5 Å². The zero-order valence-electron chi connectivity index (χ0n) is 9.71. The molecular formula is C13H21NO. The molecule has 0 spiro atoms. The zero-order chi connectivity index (χ0) is 11.1. The molecule has 2 N–H and O–H groups in total. The Bertz CT molecular complexity index is 295. The van der Waals surface area contributed by atoms with Crippen LogP contribution >= 0.6 is 0 Å². The maximum atomic E-state index is 10.6. The summed E-state index contributed by atoms with van der Waals surface area (Å²) in [7, 11) is 0. The van der Waals surface area contributed by atoms with Gasteiger partial charge >= 0.3 is 0 Å². The average molecular weight is 207 g/mol. The molecule has 0 aromatic heterocycles. The van der Waals surface area contributed by atoms with Gasteiger partial charge in [-0.15, -0.1) is 6.42 Å². The molecule has 2 aliphatic rings. The van der Waals surface area contributed by atoms with Crippen LogP contribution in [0.15, 0.2) is 0 Å². The zero-order valence-corrected chi connectivity index (χ0v) is 9.71. The second-order valence-electron chi connectivity index (χ2n) is 5.49. The molecule has 1 aliphatic carbocycles. The topological polar surface area (TPSA) is 32.3 Å². The van der Waals surface area contributed by atoms with Gasteiger partial charge < -0.3 is 10.4 Å². The van der Waals surface area contributed by atoms with Gasteiger partial charge in [0.2, 0.25) is 0 Å². The van der Waals surface area contributed by atoms with E-state index >= 15 is 0 Å². The van der Waals surface area contributed by atoms with Crippen molar-refractivity contribution in [1.82, 2.24) is 5.32 Å². The number of hydrogen-bond acceptors (Lipinski definition) is 2. The Hall–Kier alpha value is -0.520. The average Bonchev–Trinajstić information content (AvgIpc) is 2.20. The number of piperidine rings is 1. The quantitative estimate of drug-likeness (QED) is 0.592. The number of fused-ring (bicyclic) bond motifs is 1. The lowest BCUT2D eigenvalue weighted by atomic mass is 9.58. The lowest BCUT2D eigenvalue weighted by Gasteiger charge is -2.55. The highest BCUT2D eigenvalue weighted by Crippen LogP contribution is 2.49. The molecule has 1 aliphatic heterocycles. The van der Waals surface area contributed by atoms with E-state index in [1.165, 1.54) is 12.8 Å². The van der Waals surface area contributed by atoms with Gasteiger partial charge in [0.15, 0.2) is 0 Å². The van der Waals surface area contributed by atoms with Gasteiger partial charge in [-0.05, 0) is 19.8 Å². The summed E-state index contributed by atoms with van der Waals surface area (Å²) in [6.07, 6.45) is 10.9. The molecule has 15 heavy (non-hydrogen) atoms. The van der Waals surface area contributed by atoms with E-state index in [1.807, 2.05) is 0 Å². The minimum absolute atomic E-state index is 0.132. The number of hydrogen-bond donors (Lipinski definition) is 2. The Balaban J connectivity index is 2.34. The van der Waals surface area contributed by atoms with Gasteiger partial charge in [-0.25, -0.2) is 0 Å². The van der Waals surface area contributed by atoms with Crippen LogP contribution in [0.1, 0.15) is 46.0 Å². The van der Waals surface area contributed by atoms with Crippen molar-refractivity contribution in [3.8, 4) is 12.3 Å². The maximum absolute atomic E-state index is 10.6. The van der Waals surface area contributed by atoms with Crippen molar-refractivity contribution in [3.63, 3.8) is 0 Å². The molecule has 1 saturated carbocycles. The van der Waals surface area contributed by atoms with E-state index in [9.17, 15) is 5.11 Å². The van der Waals surface area contributed by atoms with Crippen LogP contribution < -0.4 is 5.32 Å². The van der Waals surface area contributed by atoms with E-state index in [2.05, 4.69) is 25.1 Å². The van der Waals surface area contributed by atoms with Crippen molar-refractivity contribution in [2.24, 2.45) is 5.41 Å². The first kappa shape index (κ1) is 11.0. The first-order chi connectivity index (χ1) is 7.02. The summed E-state index contributed by atoms with van der Waals surface area (Å²) in [6.45, 7) is 4.26. The number of aliphatic hydroxyl groups is 1. The predicted molar refractivity (Wildman–Crippen MR) is 61.4 cm³/mol. The second-order valence-corrected chi connectivity index (χ2v) is 5.49. The molecule has 0 aromatic rings. The molecule has 4 unspecified atom stereocenters. The van der Waals surface area contributed by atoms with Gasteiger partial charge in [-0.2, -0.15) is 0 Å². The van der Waals surface area contributed by atoms with Crippen LogP contribution in [0.4, 0.5) is 0 Å². The molecule has 2 fully saturated rings. The molecule has 84 valence electrons. The molecule has 0 radical (unpaired) electrons. The minimum atomic E-state index is -0.914. The van der Waals surface area contributed by atoms with Crippen molar-refractivity contribution in [3.05, 3.63) is 0 Å². The molecule has 2 heteroatoms. The van der Waals surface area contributed by atoms with Crippen LogP contribution in [0, 0.1) is 17.8 Å². The summed E-state index contributed by atoms with van der Waals surface area (Å²) in [5, 5.41) is 14.2. The van der Waals surface area contributed by atoms with Crippen LogP contribution in [0.3, 0.4) is 0 Å². The van der Waals surface area contributed by atoms with Gasteiger partial charge in [0.25, 0.3) is 0 Å². The summed E-state index contributed by atoms with van der Waals surface area (Å²) in [4.78, 5) is 0. The highest BCUT2D eigenvalue weighted by Gasteiger charge is 2.55. The molecule has 0 bridgehead atoms. The summed E-state index contributed by atoms with van der Waals surface area (Å²) in [6, 6.07) is 0.707. The highest BCUT2D eigenvalue weighted by molar-refractivity contribution is 5.22. The van der Waals surface area contributed by atoms with E-state index in [0.29, 0.717) is 18.5 Å². The largest absolute Gasteiger partial charge is 0.377 e. The first-order valence-electron chi connectivity index (χ1n) is 5.98. The molecule has 1 saturated heterocycles. The highest BCUT2D eigenvalue weighted by atomic mass is 16.3. The Morgan fingerprint density at radius 1 is 1.47 bits per heavy atom. The summed E-state index contributed by atoms with van der Waals surface area (Å²) in [5.74, 6) is 2.67. The number of rotatable bonds is 0. The molecule has 2 nitrogen and oxygen atoms in total. The minimum Gasteiger partial charge on any atom is -0.377 e. The van der Waals surface area contributed by atoms with E-state index in [0.717, 1.165) is 12.8 Å². The summed E-state index contributed by atoms with van der Waals surface area (Å²) >= 11 is 0. The van der Waals surface area contributed by atoms with Crippen molar-refractivity contribution >= 4 is 0 Å². The fourth-order valence-corrected chi connectivity index (χ4v) is 3.40. The fraction of sp³-hybridized carbons (Fsp3) is 0.846. The van der Waals surface area contributed by atoms with Crippen LogP contribution in [-0.4, -0.2) is 22.8 Å². The summed E-state index contributed by atoms with van der Waals surface area (Å²) in [5.41, 5.74) is -1.05. The van der Waals surface area contributed by atoms with Crippen LogP contribution in [-0.2, 0) is 0 Å². The lowest BCUT2D eigenvalue weighted by Crippen LogP contribution is -2.66. The van der Waals surface area contributed by atoms with Gasteiger partial charge in [0.05, 0.1) is 0 Å². The third-order valence-electron chi connectivity index (χ3n) is 4.48. The van der Waals surface area contributed by atoms with E-state index in [4.69, 9.17) is 6.42 Å². The molecule has 4 atom stereocenters. The lowest BCUT2D eigenvalue weighted by molar-refractivity contribution is -0.104. The summed E-state index contributed by atoms with van der Waals surface area (Å²) < 4.78 is 0. The fourth-order valence-electron chi connectivity index (χ4n) is 3.40. The SMILES string of the molecule is C#CC1(O)CC(C)NC2CCCCC21C. The molecule has 0 amide bonds. The normalized spacial score (nSPS) is 50.5. The van der Waals surface area contributed by atoms with Crippen molar-refractivity contribution in [2.75, 3.05) is 0 Å². The molecule has 1 heterocycles. The monoisotopic (exact) mass is 207 g/mol. The first-order valence-corrected chi connectivity index (χ1v) is 5.98. The predicted octanol–water partition coefficient (Wildman–Crippen LogP) is 1.68. The van der Waals surface area contributed by atoms with Crippen molar-refractivity contribution in [2.45, 2.75) is 63.6 Å². The molecular weight excluding hydrogens is 186 g/mol. The Kier molecular flexibility index (Phi) is 2.56. The molecule has 0 aromatic carbocycles. The number of terminal acetylenes is 1. The van der Waals surface area contributed by atoms with Crippen molar-refractivity contribution in [1.29, 1.82) is 0 Å². The van der Waals surface area contributed by atoms with E-state index in [1.54, 1.807) is 0 Å². The van der Waals surface area contributed by atoms with Gasteiger partial charge in [0, 0.05) is 23.9 Å². The van der Waals surface area contributed by atoms with Crippen LogP contribution in [0.2, 0.25) is 0 Å².